The molecule has 0 N–H and O–H groups in total. The third-order valence-corrected chi connectivity index (χ3v) is 12.8. The van der Waals surface area contributed by atoms with Crippen molar-refractivity contribution < 1.29 is 39.5 Å². The first-order valence-corrected chi connectivity index (χ1v) is 14.3. The van der Waals surface area contributed by atoms with E-state index in [1.807, 2.05) is 20.8 Å². The molecule has 0 fully saturated rings. The Morgan fingerprint density at radius 3 is 1.23 bits per heavy atom. The molecule has 0 rings (SSSR count). The summed E-state index contributed by atoms with van der Waals surface area (Å²) in [7, 11) is -1.59. The van der Waals surface area contributed by atoms with Crippen molar-refractivity contribution in [3.63, 3.8) is 0 Å². The molecular weight excluding hydrogens is 396 g/mol. The molecule has 0 aliphatic carbocycles. The van der Waals surface area contributed by atoms with E-state index < -0.39 is 26.7 Å². The Kier molecular flexibility index (Phi) is 13.6. The second-order valence-corrected chi connectivity index (χ2v) is 13.6. The zero-order chi connectivity index (χ0) is 20.1. The van der Waals surface area contributed by atoms with Crippen LogP contribution in [0.4, 0.5) is 0 Å². The van der Waals surface area contributed by atoms with Gasteiger partial charge in [0.05, 0.1) is 0 Å². The average molecular weight is 433 g/mol. The smallest absolute Gasteiger partial charge is 0.377 e. The molecule has 158 valence electrons. The topological polar surface area (TPSA) is 83.1 Å². The fourth-order valence-corrected chi connectivity index (χ4v) is 10.8. The minimum Gasteiger partial charge on any atom is -0.377 e. The van der Waals surface area contributed by atoms with Crippen molar-refractivity contribution in [2.45, 2.75) is 39.3 Å². The number of hydrogen-bond acceptors (Lipinski definition) is 9. The molecule has 12 heteroatoms. The highest BCUT2D eigenvalue weighted by atomic mass is 28.5. The molecule has 9 nitrogen and oxygen atoms in total. The van der Waals surface area contributed by atoms with Crippen molar-refractivity contribution in [1.82, 2.24) is 0 Å². The third-order valence-electron chi connectivity index (χ3n) is 3.71. The van der Waals surface area contributed by atoms with Crippen LogP contribution in [0.1, 0.15) is 27.2 Å². The zero-order valence-electron chi connectivity index (χ0n) is 17.4. The van der Waals surface area contributed by atoms with E-state index in [1.165, 1.54) is 21.3 Å². The van der Waals surface area contributed by atoms with Crippen molar-refractivity contribution in [3.8, 4) is 0 Å². The van der Waals surface area contributed by atoms with E-state index in [9.17, 15) is 0 Å². The van der Waals surface area contributed by atoms with E-state index in [2.05, 4.69) is 0 Å². The van der Waals surface area contributed by atoms with Crippen LogP contribution in [0.3, 0.4) is 0 Å². The highest BCUT2D eigenvalue weighted by molar-refractivity contribution is 6.72. The second kappa shape index (κ2) is 13.5. The van der Waals surface area contributed by atoms with Gasteiger partial charge in [0.1, 0.15) is 0 Å². The highest BCUT2D eigenvalue weighted by Crippen LogP contribution is 2.27. The molecule has 0 aromatic heterocycles. The third kappa shape index (κ3) is 7.73. The average Bonchev–Trinajstić information content (AvgIpc) is 2.66. The van der Waals surface area contributed by atoms with Crippen LogP contribution in [-0.4, -0.2) is 82.0 Å². The van der Waals surface area contributed by atoms with E-state index in [4.69, 9.17) is 39.5 Å². The monoisotopic (exact) mass is 432 g/mol. The Balaban J connectivity index is 5.14. The molecule has 0 bridgehead atoms. The molecule has 0 saturated heterocycles. The Hall–Kier alpha value is 0.291. The summed E-state index contributed by atoms with van der Waals surface area (Å²) in [4.78, 5) is 0. The minimum atomic E-state index is -3.31. The van der Waals surface area contributed by atoms with Gasteiger partial charge in [0.2, 0.25) is 0 Å². The van der Waals surface area contributed by atoms with Gasteiger partial charge in [0.25, 0.3) is 0 Å². The molecule has 0 amide bonds. The van der Waals surface area contributed by atoms with Crippen LogP contribution in [-0.2, 0) is 39.5 Å². The summed E-state index contributed by atoms with van der Waals surface area (Å²) in [6, 6.07) is 1.15. The lowest BCUT2D eigenvalue weighted by molar-refractivity contribution is 0.0144. The predicted molar refractivity (Wildman–Crippen MR) is 103 cm³/mol. The zero-order valence-corrected chi connectivity index (χ0v) is 20.4. The molecule has 0 atom stereocenters. The SMILES string of the molecule is CCO[Si](CCC[Si](OC)(OC)O[Si](OC)(OC)OC)(OCC)OCC. The highest BCUT2D eigenvalue weighted by Gasteiger charge is 2.54. The largest absolute Gasteiger partial charge is 0.671 e. The van der Waals surface area contributed by atoms with E-state index in [0.717, 1.165) is 0 Å². The maximum atomic E-state index is 6.03. The summed E-state index contributed by atoms with van der Waals surface area (Å²) in [6.45, 7) is 7.40. The van der Waals surface area contributed by atoms with Gasteiger partial charge in [0, 0.05) is 67.5 Å². The molecule has 0 aliphatic heterocycles. The van der Waals surface area contributed by atoms with Gasteiger partial charge >= 0.3 is 26.7 Å². The molecular formula is C14H36O9Si3. The lowest BCUT2D eigenvalue weighted by Gasteiger charge is -2.34. The lowest BCUT2D eigenvalue weighted by atomic mass is 10.6. The van der Waals surface area contributed by atoms with Crippen LogP contribution in [0, 0.1) is 0 Å². The summed E-state index contributed by atoms with van der Waals surface area (Å²) in [5.41, 5.74) is 0. The molecule has 0 spiro atoms. The number of hydrogen-bond donors (Lipinski definition) is 0. The van der Waals surface area contributed by atoms with E-state index in [0.29, 0.717) is 38.3 Å². The summed E-state index contributed by atoms with van der Waals surface area (Å²) in [5.74, 6) is 0. The van der Waals surface area contributed by atoms with Crippen LogP contribution in [0.2, 0.25) is 12.1 Å². The molecule has 0 radical (unpaired) electrons. The minimum absolute atomic E-state index is 0.521. The second-order valence-electron chi connectivity index (χ2n) is 5.14. The Morgan fingerprint density at radius 2 is 0.923 bits per heavy atom. The van der Waals surface area contributed by atoms with Gasteiger partial charge in [-0.15, -0.1) is 0 Å². The Bertz CT molecular complexity index is 329. The molecule has 26 heavy (non-hydrogen) atoms. The maximum absolute atomic E-state index is 6.03. The first kappa shape index (κ1) is 26.3. The first-order chi connectivity index (χ1) is 12.4. The molecule has 0 heterocycles. The van der Waals surface area contributed by atoms with Gasteiger partial charge in [-0.2, -0.15) is 0 Å². The summed E-state index contributed by atoms with van der Waals surface area (Å²) in [5, 5.41) is 0. The van der Waals surface area contributed by atoms with Crippen LogP contribution in [0.25, 0.3) is 0 Å². The van der Waals surface area contributed by atoms with Gasteiger partial charge in [-0.1, -0.05) is 0 Å². The van der Waals surface area contributed by atoms with Gasteiger partial charge < -0.3 is 39.5 Å². The maximum Gasteiger partial charge on any atom is 0.671 e. The molecule has 0 aromatic rings. The Morgan fingerprint density at radius 1 is 0.538 bits per heavy atom. The number of rotatable bonds is 17. The summed E-state index contributed by atoms with van der Waals surface area (Å²) < 4.78 is 50.9. The van der Waals surface area contributed by atoms with Gasteiger partial charge in [0.15, 0.2) is 0 Å². The van der Waals surface area contributed by atoms with Gasteiger partial charge in [-0.25, -0.2) is 0 Å². The first-order valence-electron chi connectivity index (χ1n) is 8.78. The van der Waals surface area contributed by atoms with Crippen molar-refractivity contribution in [3.05, 3.63) is 0 Å². The van der Waals surface area contributed by atoms with Crippen LogP contribution < -0.4 is 0 Å². The van der Waals surface area contributed by atoms with Crippen molar-refractivity contribution in [2.24, 2.45) is 0 Å². The predicted octanol–water partition coefficient (Wildman–Crippen LogP) is 2.05. The fourth-order valence-electron chi connectivity index (χ4n) is 2.51. The lowest BCUT2D eigenvalue weighted by Crippen LogP contribution is -2.58. The normalized spacial score (nSPS) is 13.4. The fraction of sp³-hybridized carbons (Fsp3) is 1.00. The van der Waals surface area contributed by atoms with Gasteiger partial charge in [-0.3, -0.25) is 0 Å². The standard InChI is InChI=1S/C14H36O9Si3/c1-9-20-25(21-10-2,22-11-3)14-12-13-24(15-4,16-5)23-26(17-6,18-7)19-8/h9-14H2,1-8H3. The Labute approximate surface area is 161 Å². The van der Waals surface area contributed by atoms with Gasteiger partial charge in [-0.05, 0) is 27.2 Å². The van der Waals surface area contributed by atoms with Crippen molar-refractivity contribution >= 4 is 26.7 Å². The summed E-state index contributed by atoms with van der Waals surface area (Å²) in [6.07, 6.45) is 0.682. The molecule has 0 saturated carbocycles. The van der Waals surface area contributed by atoms with Crippen LogP contribution in [0.5, 0.6) is 0 Å². The van der Waals surface area contributed by atoms with Crippen LogP contribution >= 0.6 is 0 Å². The van der Waals surface area contributed by atoms with Crippen molar-refractivity contribution in [2.75, 3.05) is 55.4 Å². The molecule has 0 unspecified atom stereocenters. The quantitative estimate of drug-likeness (QED) is 0.321. The van der Waals surface area contributed by atoms with Crippen molar-refractivity contribution in [1.29, 1.82) is 0 Å². The summed E-state index contributed by atoms with van der Waals surface area (Å²) >= 11 is 0. The van der Waals surface area contributed by atoms with E-state index in [1.54, 1.807) is 14.2 Å². The van der Waals surface area contributed by atoms with E-state index in [-0.39, 0.29) is 0 Å². The molecule has 0 aliphatic rings. The molecule has 0 aromatic carbocycles. The van der Waals surface area contributed by atoms with E-state index >= 15 is 0 Å². The van der Waals surface area contributed by atoms with Crippen LogP contribution in [0.15, 0.2) is 0 Å².